The highest BCUT2D eigenvalue weighted by molar-refractivity contribution is 6.02. The first kappa shape index (κ1) is 26.4. The molecule has 0 bridgehead atoms. The SMILES string of the molecule is C[C@@H]1C[C@H](O)CCN1c1cc(C(=O)N(C)N)nc2c(-c3ccnn3C3CCCCO3)nn(CC(F)(F)F)c12. The number of hydrazine groups is 1. The second-order valence-corrected chi connectivity index (χ2v) is 9.96. The Labute approximate surface area is 216 Å². The van der Waals surface area contributed by atoms with Crippen LogP contribution in [-0.2, 0) is 11.3 Å². The van der Waals surface area contributed by atoms with Crippen molar-refractivity contribution >= 4 is 22.6 Å². The number of carbonyl (C=O) groups excluding carboxylic acids is 1. The van der Waals surface area contributed by atoms with Crippen LogP contribution in [0.4, 0.5) is 18.9 Å². The maximum atomic E-state index is 13.8. The number of nitrogens with two attached hydrogens (primary N) is 1. The molecule has 0 radical (unpaired) electrons. The topological polar surface area (TPSA) is 128 Å². The van der Waals surface area contributed by atoms with Crippen LogP contribution in [0.1, 0.15) is 55.7 Å². The van der Waals surface area contributed by atoms with Crippen molar-refractivity contribution in [3.63, 3.8) is 0 Å². The monoisotopic (exact) mass is 536 g/mol. The molecular formula is C24H31F3N8O3. The van der Waals surface area contributed by atoms with Crippen LogP contribution in [0.15, 0.2) is 18.3 Å². The van der Waals surface area contributed by atoms with Crippen molar-refractivity contribution in [2.45, 2.75) is 70.1 Å². The Balaban J connectivity index is 1.76. The lowest BCUT2D eigenvalue weighted by molar-refractivity contribution is -0.141. The second kappa shape index (κ2) is 10.2. The lowest BCUT2D eigenvalue weighted by Crippen LogP contribution is -2.43. The number of ether oxygens (including phenoxy) is 1. The minimum absolute atomic E-state index is 0.0244. The number of alkyl halides is 3. The van der Waals surface area contributed by atoms with Crippen LogP contribution in [0.25, 0.3) is 22.4 Å². The highest BCUT2D eigenvalue weighted by atomic mass is 19.4. The van der Waals surface area contributed by atoms with Gasteiger partial charge in [-0.25, -0.2) is 15.5 Å². The van der Waals surface area contributed by atoms with Gasteiger partial charge in [0, 0.05) is 32.4 Å². The molecule has 1 amide bonds. The van der Waals surface area contributed by atoms with Gasteiger partial charge in [-0.3, -0.25) is 14.5 Å². The van der Waals surface area contributed by atoms with E-state index in [1.54, 1.807) is 16.9 Å². The van der Waals surface area contributed by atoms with Crippen LogP contribution in [-0.4, -0.2) is 79.1 Å². The molecule has 2 saturated heterocycles. The molecule has 14 heteroatoms. The Hall–Kier alpha value is -3.23. The van der Waals surface area contributed by atoms with E-state index >= 15 is 0 Å². The molecule has 38 heavy (non-hydrogen) atoms. The van der Waals surface area contributed by atoms with E-state index in [0.29, 0.717) is 43.8 Å². The number of aromatic nitrogens is 5. The molecule has 206 valence electrons. The second-order valence-electron chi connectivity index (χ2n) is 9.96. The van der Waals surface area contributed by atoms with Crippen LogP contribution in [0.2, 0.25) is 0 Å². The normalized spacial score (nSPS) is 22.7. The summed E-state index contributed by atoms with van der Waals surface area (Å²) >= 11 is 0. The molecule has 3 aromatic rings. The fourth-order valence-corrected chi connectivity index (χ4v) is 5.28. The number of nitrogens with zero attached hydrogens (tertiary/aromatic N) is 7. The van der Waals surface area contributed by atoms with Crippen LogP contribution in [0, 0.1) is 0 Å². The van der Waals surface area contributed by atoms with Gasteiger partial charge in [-0.05, 0) is 51.2 Å². The number of hydrogen-bond donors (Lipinski definition) is 2. The quantitative estimate of drug-likeness (QED) is 0.290. The standard InChI is InChI=1S/C24H31F3N8O3/c1-14-11-15(36)7-9-33(14)18-12-16(23(37)32(2)28)30-21-20(31-34(22(18)21)13-24(25,26)27)17-6-8-29-35(17)19-5-3-4-10-38-19/h6,8,12,14-15,19,36H,3-5,7,9-11,13,28H2,1-2H3/t14-,15-,19?/m1/s1. The number of hydrogen-bond acceptors (Lipinski definition) is 8. The molecule has 0 saturated carbocycles. The fraction of sp³-hybridized carbons (Fsp3) is 0.583. The zero-order valence-corrected chi connectivity index (χ0v) is 21.2. The van der Waals surface area contributed by atoms with Gasteiger partial charge in [0.2, 0.25) is 0 Å². The van der Waals surface area contributed by atoms with Gasteiger partial charge in [-0.15, -0.1) is 0 Å². The Bertz CT molecular complexity index is 1320. The molecule has 5 heterocycles. The summed E-state index contributed by atoms with van der Waals surface area (Å²) in [6.45, 7) is 1.47. The fourth-order valence-electron chi connectivity index (χ4n) is 5.28. The Morgan fingerprint density at radius 2 is 2.11 bits per heavy atom. The van der Waals surface area contributed by atoms with Crippen molar-refractivity contribution in [2.24, 2.45) is 5.84 Å². The smallest absolute Gasteiger partial charge is 0.393 e. The van der Waals surface area contributed by atoms with Crippen molar-refractivity contribution in [1.29, 1.82) is 0 Å². The Morgan fingerprint density at radius 3 is 2.76 bits per heavy atom. The molecule has 0 aromatic carbocycles. The molecule has 0 spiro atoms. The number of rotatable bonds is 5. The Kier molecular flexibility index (Phi) is 7.05. The van der Waals surface area contributed by atoms with E-state index in [-0.39, 0.29) is 34.7 Å². The number of fused-ring (bicyclic) bond motifs is 1. The number of amides is 1. The van der Waals surface area contributed by atoms with Crippen molar-refractivity contribution in [2.75, 3.05) is 25.1 Å². The number of anilines is 1. The van der Waals surface area contributed by atoms with Gasteiger partial charge in [0.25, 0.3) is 5.91 Å². The summed E-state index contributed by atoms with van der Waals surface area (Å²) in [5.74, 6) is 5.13. The van der Waals surface area contributed by atoms with E-state index in [1.165, 1.54) is 13.1 Å². The third kappa shape index (κ3) is 5.07. The molecule has 3 aromatic heterocycles. The maximum absolute atomic E-state index is 13.8. The number of carbonyl (C=O) groups is 1. The number of aliphatic hydroxyl groups excluding tert-OH is 1. The van der Waals surface area contributed by atoms with E-state index in [9.17, 15) is 23.1 Å². The van der Waals surface area contributed by atoms with Gasteiger partial charge < -0.3 is 14.7 Å². The third-order valence-corrected chi connectivity index (χ3v) is 7.04. The number of halogens is 3. The van der Waals surface area contributed by atoms with Gasteiger partial charge in [0.1, 0.15) is 29.0 Å². The summed E-state index contributed by atoms with van der Waals surface area (Å²) in [4.78, 5) is 19.3. The van der Waals surface area contributed by atoms with E-state index in [0.717, 1.165) is 22.5 Å². The number of pyridine rings is 1. The summed E-state index contributed by atoms with van der Waals surface area (Å²) in [5, 5.41) is 19.8. The molecule has 2 aliphatic heterocycles. The lowest BCUT2D eigenvalue weighted by Gasteiger charge is -2.38. The summed E-state index contributed by atoms with van der Waals surface area (Å²) in [6, 6.07) is 2.91. The van der Waals surface area contributed by atoms with Gasteiger partial charge in [-0.1, -0.05) is 0 Å². The highest BCUT2D eigenvalue weighted by Gasteiger charge is 2.35. The van der Waals surface area contributed by atoms with E-state index < -0.39 is 24.7 Å². The molecule has 11 nitrogen and oxygen atoms in total. The first-order valence-electron chi connectivity index (χ1n) is 12.6. The molecular weight excluding hydrogens is 505 g/mol. The maximum Gasteiger partial charge on any atom is 0.408 e. The van der Waals surface area contributed by atoms with Crippen LogP contribution < -0.4 is 10.7 Å². The van der Waals surface area contributed by atoms with Gasteiger partial charge >= 0.3 is 6.18 Å². The molecule has 2 aliphatic rings. The van der Waals surface area contributed by atoms with Gasteiger partial charge in [0.05, 0.1) is 17.5 Å². The summed E-state index contributed by atoms with van der Waals surface area (Å²) in [7, 11) is 1.37. The molecule has 2 fully saturated rings. The molecule has 5 rings (SSSR count). The first-order valence-corrected chi connectivity index (χ1v) is 12.6. The predicted octanol–water partition coefficient (Wildman–Crippen LogP) is 2.85. The number of piperidine rings is 1. The van der Waals surface area contributed by atoms with Crippen molar-refractivity contribution in [3.05, 3.63) is 24.0 Å². The van der Waals surface area contributed by atoms with Gasteiger partial charge in [0.15, 0.2) is 6.23 Å². The van der Waals surface area contributed by atoms with Crippen molar-refractivity contribution < 1.29 is 27.8 Å². The first-order chi connectivity index (χ1) is 18.0. The third-order valence-electron chi connectivity index (χ3n) is 7.04. The van der Waals surface area contributed by atoms with E-state index in [2.05, 4.69) is 15.2 Å². The minimum atomic E-state index is -4.56. The highest BCUT2D eigenvalue weighted by Crippen LogP contribution is 2.38. The van der Waals surface area contributed by atoms with Crippen LogP contribution in [0.3, 0.4) is 0 Å². The summed E-state index contributed by atoms with van der Waals surface area (Å²) in [5.41, 5.74) is 1.23. The molecule has 0 aliphatic carbocycles. The zero-order chi connectivity index (χ0) is 27.2. The van der Waals surface area contributed by atoms with Gasteiger partial charge in [-0.2, -0.15) is 23.4 Å². The van der Waals surface area contributed by atoms with Crippen molar-refractivity contribution in [1.82, 2.24) is 29.6 Å². The summed E-state index contributed by atoms with van der Waals surface area (Å²) in [6.07, 6.45) is -0.525. The molecule has 3 atom stereocenters. The van der Waals surface area contributed by atoms with Crippen LogP contribution >= 0.6 is 0 Å². The summed E-state index contributed by atoms with van der Waals surface area (Å²) < 4.78 is 49.7. The van der Waals surface area contributed by atoms with Crippen molar-refractivity contribution in [3.8, 4) is 11.4 Å². The average Bonchev–Trinajstić information content (AvgIpc) is 3.47. The van der Waals surface area contributed by atoms with E-state index in [1.807, 2.05) is 11.8 Å². The zero-order valence-electron chi connectivity index (χ0n) is 21.2. The van der Waals surface area contributed by atoms with E-state index in [4.69, 9.17) is 10.6 Å². The minimum Gasteiger partial charge on any atom is -0.393 e. The predicted molar refractivity (Wildman–Crippen MR) is 132 cm³/mol. The average molecular weight is 537 g/mol. The largest absolute Gasteiger partial charge is 0.408 e. The lowest BCUT2D eigenvalue weighted by atomic mass is 9.99. The molecule has 1 unspecified atom stereocenters. The number of aliphatic hydroxyl groups is 1. The molecule has 3 N–H and O–H groups in total. The Morgan fingerprint density at radius 1 is 1.32 bits per heavy atom. The van der Waals surface area contributed by atoms with Crippen LogP contribution in [0.5, 0.6) is 0 Å².